The maximum atomic E-state index is 13.7. The van der Waals surface area contributed by atoms with E-state index in [4.69, 9.17) is 16.7 Å². The van der Waals surface area contributed by atoms with Crippen molar-refractivity contribution in [3.05, 3.63) is 40.9 Å². The van der Waals surface area contributed by atoms with Crippen LogP contribution >= 0.6 is 11.6 Å². The summed E-state index contributed by atoms with van der Waals surface area (Å²) in [6.45, 7) is 0.0956. The smallest absolute Gasteiger partial charge is 0.167 e. The van der Waals surface area contributed by atoms with Crippen LogP contribution in [0.2, 0.25) is 5.02 Å². The molecule has 0 saturated carbocycles. The molecule has 17 heavy (non-hydrogen) atoms. The lowest BCUT2D eigenvalue weighted by molar-refractivity contribution is 0.288. The molecule has 0 aliphatic carbocycles. The second-order valence-electron chi connectivity index (χ2n) is 3.55. The number of aryl methyl sites for hydroxylation is 1. The third-order valence-corrected chi connectivity index (χ3v) is 2.60. The molecule has 0 amide bonds. The summed E-state index contributed by atoms with van der Waals surface area (Å²) in [6.07, 6.45) is 2.85. The maximum absolute atomic E-state index is 13.7. The third-order valence-electron chi connectivity index (χ3n) is 2.31. The lowest BCUT2D eigenvalue weighted by Crippen LogP contribution is -1.98. The van der Waals surface area contributed by atoms with Gasteiger partial charge in [0.1, 0.15) is 5.69 Å². The van der Waals surface area contributed by atoms with Gasteiger partial charge in [0, 0.05) is 6.61 Å². The molecule has 4 nitrogen and oxygen atoms in total. The van der Waals surface area contributed by atoms with Crippen LogP contribution in [0.5, 0.6) is 0 Å². The number of aromatic nitrogens is 3. The van der Waals surface area contributed by atoms with Gasteiger partial charge in [0.2, 0.25) is 0 Å². The van der Waals surface area contributed by atoms with Crippen LogP contribution in [0, 0.1) is 5.82 Å². The van der Waals surface area contributed by atoms with Crippen LogP contribution in [0.15, 0.2) is 24.4 Å². The number of aliphatic hydroxyl groups excluding tert-OH is 1. The zero-order valence-corrected chi connectivity index (χ0v) is 9.73. The number of nitrogens with zero attached hydrogens (tertiary/aromatic N) is 3. The molecule has 0 radical (unpaired) electrons. The van der Waals surface area contributed by atoms with Crippen molar-refractivity contribution in [3.8, 4) is 5.69 Å². The number of hydrogen-bond donors (Lipinski definition) is 1. The van der Waals surface area contributed by atoms with Gasteiger partial charge in [-0.1, -0.05) is 22.9 Å². The Labute approximate surface area is 103 Å². The SMILES string of the molecule is OCCCc1cn(-c2cccc(Cl)c2F)nn1. The van der Waals surface area contributed by atoms with E-state index in [2.05, 4.69) is 10.3 Å². The zero-order chi connectivity index (χ0) is 12.3. The Kier molecular flexibility index (Phi) is 3.71. The molecule has 1 N–H and O–H groups in total. The monoisotopic (exact) mass is 255 g/mol. The minimum Gasteiger partial charge on any atom is -0.396 e. The quantitative estimate of drug-likeness (QED) is 0.909. The summed E-state index contributed by atoms with van der Waals surface area (Å²) in [5.74, 6) is -0.521. The Morgan fingerprint density at radius 2 is 2.24 bits per heavy atom. The zero-order valence-electron chi connectivity index (χ0n) is 8.98. The van der Waals surface area contributed by atoms with Crippen LogP contribution in [0.3, 0.4) is 0 Å². The van der Waals surface area contributed by atoms with E-state index in [-0.39, 0.29) is 17.3 Å². The highest BCUT2D eigenvalue weighted by molar-refractivity contribution is 6.30. The molecule has 0 aliphatic heterocycles. The lowest BCUT2D eigenvalue weighted by Gasteiger charge is -2.02. The molecule has 1 aromatic carbocycles. The summed E-state index contributed by atoms with van der Waals surface area (Å²) in [4.78, 5) is 0. The Balaban J connectivity index is 2.27. The molecule has 1 heterocycles. The Bertz CT molecular complexity index is 515. The minimum atomic E-state index is -0.521. The number of hydrogen-bond acceptors (Lipinski definition) is 3. The van der Waals surface area contributed by atoms with Crippen molar-refractivity contribution in [1.82, 2.24) is 15.0 Å². The van der Waals surface area contributed by atoms with Crippen molar-refractivity contribution in [1.29, 1.82) is 0 Å². The van der Waals surface area contributed by atoms with Gasteiger partial charge in [0.05, 0.1) is 16.9 Å². The predicted octanol–water partition coefficient (Wildman–Crippen LogP) is 1.98. The molecule has 90 valence electrons. The first-order chi connectivity index (χ1) is 8.22. The maximum Gasteiger partial charge on any atom is 0.167 e. The second-order valence-corrected chi connectivity index (χ2v) is 3.96. The van der Waals surface area contributed by atoms with E-state index in [1.807, 2.05) is 0 Å². The number of rotatable bonds is 4. The first-order valence-corrected chi connectivity index (χ1v) is 5.56. The minimum absolute atomic E-state index is 0.0508. The molecular formula is C11H11ClFN3O. The van der Waals surface area contributed by atoms with Crippen molar-refractivity contribution in [3.63, 3.8) is 0 Å². The van der Waals surface area contributed by atoms with Gasteiger partial charge in [-0.2, -0.15) is 0 Å². The molecule has 0 aliphatic rings. The van der Waals surface area contributed by atoms with E-state index in [9.17, 15) is 4.39 Å². The van der Waals surface area contributed by atoms with Crippen molar-refractivity contribution in [2.45, 2.75) is 12.8 Å². The van der Waals surface area contributed by atoms with E-state index in [1.54, 1.807) is 18.3 Å². The molecule has 0 bridgehead atoms. The van der Waals surface area contributed by atoms with E-state index < -0.39 is 5.82 Å². The number of aliphatic hydroxyl groups is 1. The van der Waals surface area contributed by atoms with E-state index >= 15 is 0 Å². The molecule has 2 rings (SSSR count). The van der Waals surface area contributed by atoms with Crippen LogP contribution in [0.1, 0.15) is 12.1 Å². The molecule has 0 saturated heterocycles. The lowest BCUT2D eigenvalue weighted by atomic mass is 10.2. The van der Waals surface area contributed by atoms with Gasteiger partial charge in [0.15, 0.2) is 5.82 Å². The summed E-state index contributed by atoms with van der Waals surface area (Å²) in [5.41, 5.74) is 0.971. The number of halogens is 2. The molecule has 1 aromatic heterocycles. The molecule has 0 fully saturated rings. The Hall–Kier alpha value is -1.46. The van der Waals surface area contributed by atoms with Crippen molar-refractivity contribution < 1.29 is 9.50 Å². The van der Waals surface area contributed by atoms with E-state index in [1.165, 1.54) is 10.7 Å². The highest BCUT2D eigenvalue weighted by Crippen LogP contribution is 2.20. The standard InChI is InChI=1S/C11H11ClFN3O/c12-9-4-1-5-10(11(9)13)16-7-8(14-15-16)3-2-6-17/h1,4-5,7,17H,2-3,6H2. The first kappa shape index (κ1) is 12.0. The normalized spacial score (nSPS) is 10.8. The fourth-order valence-corrected chi connectivity index (χ4v) is 1.63. The van der Waals surface area contributed by atoms with Crippen LogP contribution in [-0.4, -0.2) is 26.7 Å². The van der Waals surface area contributed by atoms with Crippen LogP contribution in [-0.2, 0) is 6.42 Å². The van der Waals surface area contributed by atoms with Crippen molar-refractivity contribution in [2.24, 2.45) is 0 Å². The Morgan fingerprint density at radius 3 is 3.00 bits per heavy atom. The average molecular weight is 256 g/mol. The van der Waals surface area contributed by atoms with Crippen LogP contribution < -0.4 is 0 Å². The second kappa shape index (κ2) is 5.25. The molecule has 6 heteroatoms. The highest BCUT2D eigenvalue weighted by atomic mass is 35.5. The van der Waals surface area contributed by atoms with Gasteiger partial charge in [-0.25, -0.2) is 9.07 Å². The summed E-state index contributed by atoms with van der Waals surface area (Å²) < 4.78 is 15.0. The molecule has 2 aromatic rings. The van der Waals surface area contributed by atoms with Gasteiger partial charge in [-0.15, -0.1) is 5.10 Å². The summed E-state index contributed by atoms with van der Waals surface area (Å²) in [7, 11) is 0. The number of benzene rings is 1. The highest BCUT2D eigenvalue weighted by Gasteiger charge is 2.10. The third kappa shape index (κ3) is 2.62. The van der Waals surface area contributed by atoms with E-state index in [0.29, 0.717) is 18.5 Å². The van der Waals surface area contributed by atoms with E-state index in [0.717, 1.165) is 0 Å². The fourth-order valence-electron chi connectivity index (χ4n) is 1.46. The van der Waals surface area contributed by atoms with Gasteiger partial charge >= 0.3 is 0 Å². The van der Waals surface area contributed by atoms with Gasteiger partial charge in [-0.3, -0.25) is 0 Å². The predicted molar refractivity (Wildman–Crippen MR) is 61.7 cm³/mol. The molecule has 0 spiro atoms. The summed E-state index contributed by atoms with van der Waals surface area (Å²) in [5, 5.41) is 16.5. The van der Waals surface area contributed by atoms with Gasteiger partial charge in [-0.05, 0) is 25.0 Å². The topological polar surface area (TPSA) is 50.9 Å². The average Bonchev–Trinajstić information content (AvgIpc) is 2.78. The summed E-state index contributed by atoms with van der Waals surface area (Å²) in [6, 6.07) is 4.70. The fraction of sp³-hybridized carbons (Fsp3) is 0.273. The largest absolute Gasteiger partial charge is 0.396 e. The first-order valence-electron chi connectivity index (χ1n) is 5.19. The van der Waals surface area contributed by atoms with Gasteiger partial charge < -0.3 is 5.11 Å². The van der Waals surface area contributed by atoms with Crippen LogP contribution in [0.4, 0.5) is 4.39 Å². The van der Waals surface area contributed by atoms with Crippen LogP contribution in [0.25, 0.3) is 5.69 Å². The van der Waals surface area contributed by atoms with Crippen molar-refractivity contribution >= 4 is 11.6 Å². The molecule has 0 atom stereocenters. The van der Waals surface area contributed by atoms with Gasteiger partial charge in [0.25, 0.3) is 0 Å². The van der Waals surface area contributed by atoms with Crippen molar-refractivity contribution in [2.75, 3.05) is 6.61 Å². The Morgan fingerprint density at radius 1 is 1.41 bits per heavy atom. The molecular weight excluding hydrogens is 245 g/mol. The molecule has 0 unspecified atom stereocenters. The summed E-state index contributed by atoms with van der Waals surface area (Å²) >= 11 is 5.68.